The molecule has 20 heavy (non-hydrogen) atoms. The standard InChI is InChI=1S/C14H17ClN4O/c1-8-7-9(15)5-6-10(8)16-12(20)11-17-13(19-18-11)14(2,3)4/h5-7H,1-4H3,(H,16,20)(H,17,18,19). The second-order valence-electron chi connectivity index (χ2n) is 5.67. The van der Waals surface area contributed by atoms with E-state index in [1.807, 2.05) is 27.7 Å². The Hall–Kier alpha value is -1.88. The molecule has 0 atom stereocenters. The zero-order valence-corrected chi connectivity index (χ0v) is 12.7. The number of amides is 1. The van der Waals surface area contributed by atoms with Gasteiger partial charge in [-0.05, 0) is 30.7 Å². The average Bonchev–Trinajstić information content (AvgIpc) is 2.82. The van der Waals surface area contributed by atoms with Gasteiger partial charge in [0.15, 0.2) is 0 Å². The number of aryl methyl sites for hydroxylation is 1. The third kappa shape index (κ3) is 3.17. The van der Waals surface area contributed by atoms with Crippen LogP contribution in [0.2, 0.25) is 5.02 Å². The highest BCUT2D eigenvalue weighted by molar-refractivity contribution is 6.30. The zero-order valence-electron chi connectivity index (χ0n) is 11.9. The summed E-state index contributed by atoms with van der Waals surface area (Å²) in [7, 11) is 0. The van der Waals surface area contributed by atoms with Crippen LogP contribution in [0.15, 0.2) is 18.2 Å². The van der Waals surface area contributed by atoms with E-state index in [4.69, 9.17) is 11.6 Å². The maximum Gasteiger partial charge on any atom is 0.295 e. The van der Waals surface area contributed by atoms with Gasteiger partial charge in [0.1, 0.15) is 5.82 Å². The lowest BCUT2D eigenvalue weighted by molar-refractivity contribution is 0.101. The minimum absolute atomic E-state index is 0.129. The highest BCUT2D eigenvalue weighted by atomic mass is 35.5. The molecule has 1 aromatic carbocycles. The van der Waals surface area contributed by atoms with Crippen molar-refractivity contribution < 1.29 is 4.79 Å². The van der Waals surface area contributed by atoms with Crippen molar-refractivity contribution in [3.63, 3.8) is 0 Å². The van der Waals surface area contributed by atoms with E-state index in [9.17, 15) is 4.79 Å². The van der Waals surface area contributed by atoms with Gasteiger partial charge in [0.25, 0.3) is 5.91 Å². The molecule has 0 spiro atoms. The van der Waals surface area contributed by atoms with E-state index in [1.165, 1.54) is 0 Å². The number of hydrogen-bond acceptors (Lipinski definition) is 3. The minimum atomic E-state index is -0.345. The van der Waals surface area contributed by atoms with E-state index in [0.717, 1.165) is 5.56 Å². The molecule has 0 aliphatic rings. The third-order valence-electron chi connectivity index (χ3n) is 2.84. The Kier molecular flexibility index (Phi) is 3.81. The van der Waals surface area contributed by atoms with Gasteiger partial charge in [-0.15, -0.1) is 5.10 Å². The topological polar surface area (TPSA) is 70.7 Å². The Morgan fingerprint density at radius 1 is 1.35 bits per heavy atom. The molecule has 0 aliphatic heterocycles. The van der Waals surface area contributed by atoms with Gasteiger partial charge in [-0.1, -0.05) is 32.4 Å². The van der Waals surface area contributed by atoms with Crippen LogP contribution >= 0.6 is 11.6 Å². The number of carbonyl (C=O) groups is 1. The van der Waals surface area contributed by atoms with Gasteiger partial charge in [-0.25, -0.2) is 4.98 Å². The molecular weight excluding hydrogens is 276 g/mol. The summed E-state index contributed by atoms with van der Waals surface area (Å²) in [6.45, 7) is 7.87. The maximum atomic E-state index is 12.1. The first-order chi connectivity index (χ1) is 9.27. The summed E-state index contributed by atoms with van der Waals surface area (Å²) in [5.41, 5.74) is 1.40. The number of anilines is 1. The Bertz CT molecular complexity index is 643. The van der Waals surface area contributed by atoms with Crippen molar-refractivity contribution in [1.82, 2.24) is 15.2 Å². The first-order valence-corrected chi connectivity index (χ1v) is 6.65. The molecule has 1 aromatic heterocycles. The van der Waals surface area contributed by atoms with E-state index in [-0.39, 0.29) is 17.1 Å². The summed E-state index contributed by atoms with van der Waals surface area (Å²) in [4.78, 5) is 16.3. The average molecular weight is 293 g/mol. The van der Waals surface area contributed by atoms with Crippen molar-refractivity contribution >= 4 is 23.2 Å². The molecule has 5 nitrogen and oxygen atoms in total. The number of aromatic nitrogens is 3. The van der Waals surface area contributed by atoms with Crippen LogP contribution in [0.3, 0.4) is 0 Å². The largest absolute Gasteiger partial charge is 0.319 e. The summed E-state index contributed by atoms with van der Waals surface area (Å²) in [5, 5.41) is 10.2. The minimum Gasteiger partial charge on any atom is -0.319 e. The van der Waals surface area contributed by atoms with Crippen molar-refractivity contribution in [1.29, 1.82) is 0 Å². The van der Waals surface area contributed by atoms with Gasteiger partial charge < -0.3 is 5.32 Å². The number of halogens is 1. The van der Waals surface area contributed by atoms with Crippen LogP contribution in [0, 0.1) is 6.92 Å². The Labute approximate surface area is 122 Å². The first kappa shape index (κ1) is 14.5. The number of hydrogen-bond donors (Lipinski definition) is 2. The molecule has 0 unspecified atom stereocenters. The predicted octanol–water partition coefficient (Wildman–Crippen LogP) is 3.32. The molecule has 0 aliphatic carbocycles. The van der Waals surface area contributed by atoms with Gasteiger partial charge in [0.05, 0.1) is 0 Å². The summed E-state index contributed by atoms with van der Waals surface area (Å²) in [6.07, 6.45) is 0. The number of carbonyl (C=O) groups excluding carboxylic acids is 1. The molecule has 0 bridgehead atoms. The molecule has 2 rings (SSSR count). The summed E-state index contributed by atoms with van der Waals surface area (Å²) < 4.78 is 0. The Morgan fingerprint density at radius 2 is 2.05 bits per heavy atom. The summed E-state index contributed by atoms with van der Waals surface area (Å²) in [5.74, 6) is 0.460. The fourth-order valence-corrected chi connectivity index (χ4v) is 1.87. The van der Waals surface area contributed by atoms with Crippen LogP contribution in [-0.4, -0.2) is 21.1 Å². The van der Waals surface area contributed by atoms with Crippen molar-refractivity contribution in [3.8, 4) is 0 Å². The van der Waals surface area contributed by atoms with Gasteiger partial charge in [0.2, 0.25) is 5.82 Å². The van der Waals surface area contributed by atoms with Crippen molar-refractivity contribution in [2.24, 2.45) is 0 Å². The quantitative estimate of drug-likeness (QED) is 0.892. The van der Waals surface area contributed by atoms with Crippen LogP contribution in [-0.2, 0) is 5.41 Å². The Balaban J connectivity index is 2.18. The normalized spacial score (nSPS) is 11.4. The predicted molar refractivity (Wildman–Crippen MR) is 79.2 cm³/mol. The Morgan fingerprint density at radius 3 is 2.60 bits per heavy atom. The van der Waals surface area contributed by atoms with Crippen molar-refractivity contribution in [2.45, 2.75) is 33.1 Å². The number of H-pyrrole nitrogens is 1. The molecular formula is C14H17ClN4O. The molecule has 0 fully saturated rings. The maximum absolute atomic E-state index is 12.1. The molecule has 0 radical (unpaired) electrons. The molecule has 1 heterocycles. The van der Waals surface area contributed by atoms with Crippen LogP contribution in [0.5, 0.6) is 0 Å². The lowest BCUT2D eigenvalue weighted by atomic mass is 9.96. The van der Waals surface area contributed by atoms with Gasteiger partial charge in [-0.2, -0.15) is 0 Å². The van der Waals surface area contributed by atoms with E-state index >= 15 is 0 Å². The van der Waals surface area contributed by atoms with Gasteiger partial charge in [0, 0.05) is 16.1 Å². The SMILES string of the molecule is Cc1cc(Cl)ccc1NC(=O)c1n[nH]c(C(C)(C)C)n1. The molecule has 0 saturated carbocycles. The second kappa shape index (κ2) is 5.25. The first-order valence-electron chi connectivity index (χ1n) is 6.28. The van der Waals surface area contributed by atoms with E-state index in [1.54, 1.807) is 18.2 Å². The smallest absolute Gasteiger partial charge is 0.295 e. The fraction of sp³-hybridized carbons (Fsp3) is 0.357. The lowest BCUT2D eigenvalue weighted by Gasteiger charge is -2.12. The van der Waals surface area contributed by atoms with E-state index < -0.39 is 0 Å². The van der Waals surface area contributed by atoms with E-state index in [0.29, 0.717) is 16.5 Å². The molecule has 106 valence electrons. The number of rotatable bonds is 2. The van der Waals surface area contributed by atoms with Gasteiger partial charge in [-0.3, -0.25) is 9.89 Å². The van der Waals surface area contributed by atoms with Crippen molar-refractivity contribution in [2.75, 3.05) is 5.32 Å². The van der Waals surface area contributed by atoms with Gasteiger partial charge >= 0.3 is 0 Å². The van der Waals surface area contributed by atoms with Crippen LogP contribution in [0.1, 0.15) is 42.8 Å². The zero-order chi connectivity index (χ0) is 14.9. The summed E-state index contributed by atoms with van der Waals surface area (Å²) in [6, 6.07) is 5.27. The summed E-state index contributed by atoms with van der Waals surface area (Å²) >= 11 is 5.88. The number of benzene rings is 1. The van der Waals surface area contributed by atoms with E-state index in [2.05, 4.69) is 20.5 Å². The molecule has 1 amide bonds. The third-order valence-corrected chi connectivity index (χ3v) is 3.07. The molecule has 6 heteroatoms. The number of nitrogens with one attached hydrogen (secondary N) is 2. The lowest BCUT2D eigenvalue weighted by Crippen LogP contribution is -2.16. The highest BCUT2D eigenvalue weighted by Gasteiger charge is 2.21. The number of nitrogens with zero attached hydrogens (tertiary/aromatic N) is 2. The van der Waals surface area contributed by atoms with Crippen molar-refractivity contribution in [3.05, 3.63) is 40.4 Å². The molecule has 2 aromatic rings. The monoisotopic (exact) mass is 292 g/mol. The highest BCUT2D eigenvalue weighted by Crippen LogP contribution is 2.21. The fourth-order valence-electron chi connectivity index (χ4n) is 1.64. The molecule has 2 N–H and O–H groups in total. The van der Waals surface area contributed by atoms with Crippen LogP contribution < -0.4 is 5.32 Å². The molecule has 0 saturated heterocycles. The number of aromatic amines is 1. The van der Waals surface area contributed by atoms with Crippen LogP contribution in [0.4, 0.5) is 5.69 Å². The van der Waals surface area contributed by atoms with Crippen LogP contribution in [0.25, 0.3) is 0 Å². The second-order valence-corrected chi connectivity index (χ2v) is 6.11.